The number of ether oxygens (including phenoxy) is 1. The van der Waals surface area contributed by atoms with E-state index in [-0.39, 0.29) is 0 Å². The predicted molar refractivity (Wildman–Crippen MR) is 71.9 cm³/mol. The molecule has 5 nitrogen and oxygen atoms in total. The van der Waals surface area contributed by atoms with E-state index < -0.39 is 46.3 Å². The maximum absolute atomic E-state index is 12.9. The van der Waals surface area contributed by atoms with E-state index >= 15 is 0 Å². The second-order valence-electron chi connectivity index (χ2n) is 4.38. The minimum Gasteiger partial charge on any atom is -0.478 e. The molecule has 2 N–H and O–H groups in total. The zero-order valence-electron chi connectivity index (χ0n) is 11.3. The monoisotopic (exact) mass is 326 g/mol. The number of alkyl halides is 3. The molecular weight excluding hydrogens is 317 g/mol. The molecule has 0 bridgehead atoms. The van der Waals surface area contributed by atoms with Gasteiger partial charge in [-0.05, 0) is 24.3 Å². The van der Waals surface area contributed by atoms with E-state index in [0.29, 0.717) is 0 Å². The van der Waals surface area contributed by atoms with Crippen molar-refractivity contribution in [1.29, 1.82) is 0 Å². The molecule has 0 saturated heterocycles. The third-order valence-corrected chi connectivity index (χ3v) is 2.88. The first-order chi connectivity index (χ1) is 10.7. The molecule has 0 radical (unpaired) electrons. The quantitative estimate of drug-likeness (QED) is 0.890. The summed E-state index contributed by atoms with van der Waals surface area (Å²) in [5, 5.41) is 18.1. The summed E-state index contributed by atoms with van der Waals surface area (Å²) in [5.74, 6) is -4.27. The zero-order valence-corrected chi connectivity index (χ0v) is 11.3. The number of hydrogen-bond donors (Lipinski definition) is 2. The number of rotatable bonds is 4. The molecular formula is C15H9F3O5. The van der Waals surface area contributed by atoms with Crippen LogP contribution in [-0.4, -0.2) is 22.2 Å². The molecule has 2 aromatic rings. The van der Waals surface area contributed by atoms with Crippen molar-refractivity contribution in [2.75, 3.05) is 0 Å². The first-order valence-electron chi connectivity index (χ1n) is 6.15. The topological polar surface area (TPSA) is 83.8 Å². The summed E-state index contributed by atoms with van der Waals surface area (Å²) in [6, 6.07) is 7.52. The normalized spacial score (nSPS) is 11.1. The van der Waals surface area contributed by atoms with Gasteiger partial charge in [0.15, 0.2) is 0 Å². The fraction of sp³-hybridized carbons (Fsp3) is 0.0667. The van der Waals surface area contributed by atoms with Gasteiger partial charge in [-0.2, -0.15) is 13.2 Å². The van der Waals surface area contributed by atoms with Gasteiger partial charge < -0.3 is 14.9 Å². The Bertz CT molecular complexity index is 768. The summed E-state index contributed by atoms with van der Waals surface area (Å²) in [5.41, 5.74) is -2.41. The molecule has 8 heteroatoms. The van der Waals surface area contributed by atoms with Crippen LogP contribution < -0.4 is 4.74 Å². The van der Waals surface area contributed by atoms with Gasteiger partial charge in [0.25, 0.3) is 0 Å². The average Bonchev–Trinajstić information content (AvgIpc) is 2.46. The van der Waals surface area contributed by atoms with Crippen LogP contribution >= 0.6 is 0 Å². The highest BCUT2D eigenvalue weighted by Crippen LogP contribution is 2.38. The Labute approximate surface area is 127 Å². The van der Waals surface area contributed by atoms with E-state index in [9.17, 15) is 22.8 Å². The molecule has 23 heavy (non-hydrogen) atoms. The van der Waals surface area contributed by atoms with E-state index in [1.54, 1.807) is 0 Å². The van der Waals surface area contributed by atoms with Crippen LogP contribution in [0, 0.1) is 0 Å². The van der Waals surface area contributed by atoms with Crippen molar-refractivity contribution < 1.29 is 37.7 Å². The molecule has 0 spiro atoms. The average molecular weight is 326 g/mol. The lowest BCUT2D eigenvalue weighted by atomic mass is 10.1. The van der Waals surface area contributed by atoms with Crippen molar-refractivity contribution in [3.8, 4) is 11.5 Å². The molecule has 0 aliphatic heterocycles. The Balaban J connectivity index is 2.56. The fourth-order valence-corrected chi connectivity index (χ4v) is 1.92. The van der Waals surface area contributed by atoms with Crippen molar-refractivity contribution in [1.82, 2.24) is 0 Å². The summed E-state index contributed by atoms with van der Waals surface area (Å²) in [6.07, 6.45) is -4.70. The Morgan fingerprint density at radius 3 is 2.04 bits per heavy atom. The van der Waals surface area contributed by atoms with Gasteiger partial charge in [-0.3, -0.25) is 0 Å². The van der Waals surface area contributed by atoms with E-state index in [2.05, 4.69) is 0 Å². The van der Waals surface area contributed by atoms with Crippen LogP contribution in [0.1, 0.15) is 26.3 Å². The van der Waals surface area contributed by atoms with Gasteiger partial charge in [-0.15, -0.1) is 0 Å². The molecule has 0 aliphatic rings. The van der Waals surface area contributed by atoms with Crippen LogP contribution in [-0.2, 0) is 6.18 Å². The number of carboxylic acid groups (broad SMARTS) is 2. The number of benzene rings is 2. The van der Waals surface area contributed by atoms with Gasteiger partial charge in [0.1, 0.15) is 17.1 Å². The minimum atomic E-state index is -4.70. The van der Waals surface area contributed by atoms with Crippen molar-refractivity contribution in [3.63, 3.8) is 0 Å². The lowest BCUT2D eigenvalue weighted by Crippen LogP contribution is -2.11. The van der Waals surface area contributed by atoms with Crippen LogP contribution in [0.2, 0.25) is 0 Å². The maximum Gasteiger partial charge on any atom is 0.419 e. The number of carbonyl (C=O) groups is 2. The van der Waals surface area contributed by atoms with Gasteiger partial charge >= 0.3 is 18.1 Å². The molecule has 0 saturated carbocycles. The van der Waals surface area contributed by atoms with Crippen molar-refractivity contribution in [2.45, 2.75) is 6.18 Å². The summed E-state index contributed by atoms with van der Waals surface area (Å²) < 4.78 is 43.8. The van der Waals surface area contributed by atoms with Crippen molar-refractivity contribution in [2.24, 2.45) is 0 Å². The van der Waals surface area contributed by atoms with E-state index in [4.69, 9.17) is 14.9 Å². The molecule has 120 valence electrons. The number of carboxylic acids is 2. The fourth-order valence-electron chi connectivity index (χ4n) is 1.92. The van der Waals surface area contributed by atoms with E-state index in [1.807, 2.05) is 0 Å². The number of aromatic carboxylic acids is 2. The lowest BCUT2D eigenvalue weighted by molar-refractivity contribution is -0.138. The van der Waals surface area contributed by atoms with Crippen molar-refractivity contribution >= 4 is 11.9 Å². The molecule has 2 rings (SSSR count). The molecule has 0 unspecified atom stereocenters. The van der Waals surface area contributed by atoms with Crippen LogP contribution in [0.3, 0.4) is 0 Å². The Hall–Kier alpha value is -3.03. The van der Waals surface area contributed by atoms with Gasteiger partial charge in [0, 0.05) is 0 Å². The first kappa shape index (κ1) is 16.3. The summed E-state index contributed by atoms with van der Waals surface area (Å²) in [4.78, 5) is 22.3. The van der Waals surface area contributed by atoms with Crippen LogP contribution in [0.4, 0.5) is 13.2 Å². The predicted octanol–water partition coefficient (Wildman–Crippen LogP) is 3.89. The lowest BCUT2D eigenvalue weighted by Gasteiger charge is -2.15. The highest BCUT2D eigenvalue weighted by atomic mass is 19.4. The van der Waals surface area contributed by atoms with Gasteiger partial charge in [-0.1, -0.05) is 18.2 Å². The van der Waals surface area contributed by atoms with Crippen LogP contribution in [0.15, 0.2) is 42.5 Å². The molecule has 0 heterocycles. The van der Waals surface area contributed by atoms with E-state index in [0.717, 1.165) is 30.3 Å². The number of para-hydroxylation sites is 1. The Kier molecular flexibility index (Phi) is 4.26. The SMILES string of the molecule is O=C(O)c1cccc(Oc2ccccc2C(F)(F)F)c1C(=O)O. The van der Waals surface area contributed by atoms with E-state index in [1.165, 1.54) is 12.1 Å². The maximum atomic E-state index is 12.9. The summed E-state index contributed by atoms with van der Waals surface area (Å²) >= 11 is 0. The standard InChI is InChI=1S/C15H9F3O5/c16-15(17,18)9-5-1-2-6-10(9)23-11-7-3-4-8(13(19)20)12(11)14(21)22/h1-7H,(H,19,20)(H,21,22). The van der Waals surface area contributed by atoms with Gasteiger partial charge in [0.2, 0.25) is 0 Å². The second-order valence-corrected chi connectivity index (χ2v) is 4.38. The highest BCUT2D eigenvalue weighted by molar-refractivity contribution is 6.03. The Morgan fingerprint density at radius 1 is 0.870 bits per heavy atom. The van der Waals surface area contributed by atoms with Crippen LogP contribution in [0.25, 0.3) is 0 Å². The summed E-state index contributed by atoms with van der Waals surface area (Å²) in [6.45, 7) is 0. The minimum absolute atomic E-state index is 0.492. The number of hydrogen-bond acceptors (Lipinski definition) is 3. The summed E-state index contributed by atoms with van der Waals surface area (Å²) in [7, 11) is 0. The molecule has 0 aromatic heterocycles. The molecule has 0 aliphatic carbocycles. The smallest absolute Gasteiger partial charge is 0.419 e. The van der Waals surface area contributed by atoms with Gasteiger partial charge in [0.05, 0.1) is 11.1 Å². The third kappa shape index (κ3) is 3.42. The second kappa shape index (κ2) is 5.99. The highest BCUT2D eigenvalue weighted by Gasteiger charge is 2.34. The molecule has 0 amide bonds. The largest absolute Gasteiger partial charge is 0.478 e. The molecule has 0 fully saturated rings. The first-order valence-corrected chi connectivity index (χ1v) is 6.15. The van der Waals surface area contributed by atoms with Crippen LogP contribution in [0.5, 0.6) is 11.5 Å². The Morgan fingerprint density at radius 2 is 1.48 bits per heavy atom. The molecule has 0 atom stereocenters. The third-order valence-electron chi connectivity index (χ3n) is 2.88. The van der Waals surface area contributed by atoms with Gasteiger partial charge in [-0.25, -0.2) is 9.59 Å². The molecule has 2 aromatic carbocycles. The van der Waals surface area contributed by atoms with Crippen molar-refractivity contribution in [3.05, 3.63) is 59.2 Å². The zero-order chi connectivity index (χ0) is 17.2. The number of halogens is 3.